The topological polar surface area (TPSA) is 75.8 Å². The minimum Gasteiger partial charge on any atom is -0.491 e. The molecule has 8 heteroatoms. The predicted molar refractivity (Wildman–Crippen MR) is 85.9 cm³/mol. The van der Waals surface area contributed by atoms with Gasteiger partial charge in [0.25, 0.3) is 0 Å². The van der Waals surface area contributed by atoms with Crippen molar-refractivity contribution in [2.24, 2.45) is 11.7 Å². The predicted octanol–water partition coefficient (Wildman–Crippen LogP) is 2.03. The maximum atomic E-state index is 12.5. The number of nitrogens with zero attached hydrogens (tertiary/aromatic N) is 1. The average Bonchev–Trinajstić information content (AvgIpc) is 2.98. The van der Waals surface area contributed by atoms with Crippen LogP contribution in [0.2, 0.25) is 0 Å². The molecule has 1 aliphatic carbocycles. The molecule has 0 saturated heterocycles. The van der Waals surface area contributed by atoms with Crippen LogP contribution in [0.15, 0.2) is 24.3 Å². The molecular weight excluding hydrogens is 337 g/mol. The molecule has 1 fully saturated rings. The number of hydrogen-bond donors (Lipinski definition) is 2. The number of benzene rings is 1. The molecule has 3 N–H and O–H groups in total. The largest absolute Gasteiger partial charge is 0.491 e. The highest BCUT2D eigenvalue weighted by Gasteiger charge is 2.31. The number of ether oxygens (including phenoxy) is 1. The van der Waals surface area contributed by atoms with Crippen molar-refractivity contribution in [3.63, 3.8) is 0 Å². The highest BCUT2D eigenvalue weighted by Crippen LogP contribution is 2.30. The van der Waals surface area contributed by atoms with Crippen LogP contribution in [-0.4, -0.2) is 48.3 Å². The lowest BCUT2D eigenvalue weighted by molar-refractivity contribution is -0.137. The Kier molecular flexibility index (Phi) is 6.29. The Morgan fingerprint density at radius 1 is 1.36 bits per heavy atom. The van der Waals surface area contributed by atoms with Crippen molar-refractivity contribution in [3.05, 3.63) is 29.8 Å². The number of rotatable bonds is 6. The molecule has 0 aliphatic heterocycles. The Bertz CT molecular complexity index is 577. The van der Waals surface area contributed by atoms with Crippen LogP contribution in [0.3, 0.4) is 0 Å². The van der Waals surface area contributed by atoms with Crippen molar-refractivity contribution in [2.45, 2.75) is 37.6 Å². The van der Waals surface area contributed by atoms with Crippen LogP contribution in [0.1, 0.15) is 24.8 Å². The molecule has 3 unspecified atom stereocenters. The number of alkyl halides is 3. The molecule has 0 aromatic heterocycles. The van der Waals surface area contributed by atoms with E-state index in [2.05, 4.69) is 0 Å². The quantitative estimate of drug-likeness (QED) is 0.814. The van der Waals surface area contributed by atoms with Crippen molar-refractivity contribution >= 4 is 5.91 Å². The summed E-state index contributed by atoms with van der Waals surface area (Å²) in [6.07, 6.45) is -3.11. The van der Waals surface area contributed by atoms with Crippen LogP contribution >= 0.6 is 0 Å². The number of likely N-dealkylation sites (N-methyl/N-ethyl adjacent to an activating group) is 1. The van der Waals surface area contributed by atoms with Crippen LogP contribution < -0.4 is 10.5 Å². The van der Waals surface area contributed by atoms with Gasteiger partial charge in [-0.2, -0.15) is 13.2 Å². The van der Waals surface area contributed by atoms with Crippen LogP contribution in [-0.2, 0) is 11.0 Å². The molecule has 2 rings (SSSR count). The fourth-order valence-electron chi connectivity index (χ4n) is 2.94. The van der Waals surface area contributed by atoms with Gasteiger partial charge in [-0.1, -0.05) is 0 Å². The van der Waals surface area contributed by atoms with Crippen molar-refractivity contribution in [2.75, 3.05) is 20.2 Å². The van der Waals surface area contributed by atoms with Gasteiger partial charge in [-0.25, -0.2) is 0 Å². The van der Waals surface area contributed by atoms with Crippen LogP contribution in [0.25, 0.3) is 0 Å². The summed E-state index contributed by atoms with van der Waals surface area (Å²) in [6, 6.07) is 4.28. The third kappa shape index (κ3) is 5.61. The molecule has 3 atom stereocenters. The summed E-state index contributed by atoms with van der Waals surface area (Å²) >= 11 is 0. The number of carbonyl (C=O) groups excluding carboxylic acids is 1. The molecule has 5 nitrogen and oxygen atoms in total. The number of aliphatic hydroxyl groups excluding tert-OH is 1. The third-order valence-corrected chi connectivity index (χ3v) is 4.31. The fourth-order valence-corrected chi connectivity index (χ4v) is 2.94. The molecule has 25 heavy (non-hydrogen) atoms. The van der Waals surface area contributed by atoms with Crippen LogP contribution in [0, 0.1) is 5.92 Å². The zero-order valence-corrected chi connectivity index (χ0v) is 14.0. The van der Waals surface area contributed by atoms with Crippen molar-refractivity contribution in [3.8, 4) is 5.75 Å². The van der Waals surface area contributed by atoms with Gasteiger partial charge in [0.1, 0.15) is 18.5 Å². The smallest absolute Gasteiger partial charge is 0.416 e. The van der Waals surface area contributed by atoms with E-state index in [4.69, 9.17) is 10.5 Å². The second-order valence-electron chi connectivity index (χ2n) is 6.48. The second-order valence-corrected chi connectivity index (χ2v) is 6.48. The van der Waals surface area contributed by atoms with Crippen LogP contribution in [0.4, 0.5) is 13.2 Å². The van der Waals surface area contributed by atoms with Gasteiger partial charge in [0.15, 0.2) is 0 Å². The first-order valence-corrected chi connectivity index (χ1v) is 8.15. The molecular formula is C17H23F3N2O3. The maximum absolute atomic E-state index is 12.5. The van der Waals surface area contributed by atoms with E-state index >= 15 is 0 Å². The number of amides is 1. The Hall–Kier alpha value is -1.80. The van der Waals surface area contributed by atoms with E-state index < -0.39 is 17.8 Å². The molecule has 0 bridgehead atoms. The first kappa shape index (κ1) is 19.5. The minimum atomic E-state index is -4.40. The number of aliphatic hydroxyl groups is 1. The Morgan fingerprint density at radius 3 is 2.52 bits per heavy atom. The van der Waals surface area contributed by atoms with Gasteiger partial charge < -0.3 is 20.5 Å². The van der Waals surface area contributed by atoms with Gasteiger partial charge in [-0.3, -0.25) is 4.79 Å². The van der Waals surface area contributed by atoms with Crippen LogP contribution in [0.5, 0.6) is 5.75 Å². The lowest BCUT2D eigenvalue weighted by Crippen LogP contribution is -2.39. The summed E-state index contributed by atoms with van der Waals surface area (Å²) in [5.41, 5.74) is 5.04. The monoisotopic (exact) mass is 360 g/mol. The van der Waals surface area contributed by atoms with E-state index in [9.17, 15) is 23.1 Å². The van der Waals surface area contributed by atoms with Crippen molar-refractivity contribution in [1.82, 2.24) is 4.90 Å². The van der Waals surface area contributed by atoms with Gasteiger partial charge in [-0.15, -0.1) is 0 Å². The molecule has 1 aliphatic rings. The molecule has 1 aromatic rings. The lowest BCUT2D eigenvalue weighted by Gasteiger charge is -2.24. The summed E-state index contributed by atoms with van der Waals surface area (Å²) in [4.78, 5) is 13.7. The Balaban J connectivity index is 1.78. The Labute approximate surface area is 144 Å². The summed E-state index contributed by atoms with van der Waals surface area (Å²) in [5, 5.41) is 9.98. The molecule has 0 radical (unpaired) electrons. The van der Waals surface area contributed by atoms with Gasteiger partial charge in [-0.05, 0) is 43.5 Å². The van der Waals surface area contributed by atoms with Gasteiger partial charge in [0, 0.05) is 25.6 Å². The minimum absolute atomic E-state index is 0.0512. The molecule has 1 aromatic carbocycles. The molecule has 140 valence electrons. The highest BCUT2D eigenvalue weighted by atomic mass is 19.4. The number of carbonyl (C=O) groups is 1. The molecule has 0 heterocycles. The third-order valence-electron chi connectivity index (χ3n) is 4.31. The molecule has 0 spiro atoms. The van der Waals surface area contributed by atoms with Crippen molar-refractivity contribution in [1.29, 1.82) is 0 Å². The van der Waals surface area contributed by atoms with Gasteiger partial charge >= 0.3 is 6.18 Å². The number of nitrogens with two attached hydrogens (primary N) is 1. The van der Waals surface area contributed by atoms with E-state index in [0.29, 0.717) is 6.42 Å². The van der Waals surface area contributed by atoms with E-state index in [1.807, 2.05) is 0 Å². The Morgan fingerprint density at radius 2 is 2.00 bits per heavy atom. The molecule has 1 saturated carbocycles. The standard InChI is InChI=1S/C17H23F3N2O3/c1-22(16(24)11-2-5-13(21)8-11)9-14(23)10-25-15-6-3-12(4-7-15)17(18,19)20/h3-4,6-7,11,13-14,23H,2,5,8-10,21H2,1H3. The average molecular weight is 360 g/mol. The molecule has 1 amide bonds. The van der Waals surface area contributed by atoms with Gasteiger partial charge in [0.2, 0.25) is 5.91 Å². The number of halogens is 3. The SMILES string of the molecule is CN(CC(O)COc1ccc(C(F)(F)F)cc1)C(=O)C1CCC(N)C1. The van der Waals surface area contributed by atoms with E-state index in [1.165, 1.54) is 17.0 Å². The summed E-state index contributed by atoms with van der Waals surface area (Å²) in [6.45, 7) is -0.0294. The van der Waals surface area contributed by atoms with Gasteiger partial charge in [0.05, 0.1) is 5.56 Å². The zero-order valence-electron chi connectivity index (χ0n) is 14.0. The number of hydrogen-bond acceptors (Lipinski definition) is 4. The summed E-state index contributed by atoms with van der Waals surface area (Å²) in [5.74, 6) is 0.0624. The fraction of sp³-hybridized carbons (Fsp3) is 0.588. The van der Waals surface area contributed by atoms with Crippen molar-refractivity contribution < 1.29 is 27.8 Å². The van der Waals surface area contributed by atoms with E-state index in [1.54, 1.807) is 7.05 Å². The zero-order chi connectivity index (χ0) is 18.6. The second kappa shape index (κ2) is 8.05. The lowest BCUT2D eigenvalue weighted by atomic mass is 10.1. The first-order valence-electron chi connectivity index (χ1n) is 8.15. The first-order chi connectivity index (χ1) is 11.7. The normalized spacial score (nSPS) is 21.8. The summed E-state index contributed by atoms with van der Waals surface area (Å²) < 4.78 is 42.7. The maximum Gasteiger partial charge on any atom is 0.416 e. The van der Waals surface area contributed by atoms with E-state index in [0.717, 1.165) is 25.0 Å². The summed E-state index contributed by atoms with van der Waals surface area (Å²) in [7, 11) is 1.60. The highest BCUT2D eigenvalue weighted by molar-refractivity contribution is 5.79. The van der Waals surface area contributed by atoms with E-state index in [-0.39, 0.29) is 36.8 Å².